The Balaban J connectivity index is 1.15. The summed E-state index contributed by atoms with van der Waals surface area (Å²) < 4.78 is 12.6. The van der Waals surface area contributed by atoms with E-state index in [2.05, 4.69) is 34.5 Å². The van der Waals surface area contributed by atoms with E-state index >= 15 is 0 Å². The molecule has 1 fully saturated rings. The number of carbonyl (C=O) groups is 2. The quantitative estimate of drug-likeness (QED) is 0.0528. The van der Waals surface area contributed by atoms with E-state index in [-0.39, 0.29) is 22.6 Å². The predicted octanol–water partition coefficient (Wildman–Crippen LogP) is 8.51. The van der Waals surface area contributed by atoms with Gasteiger partial charge in [-0.05, 0) is 70.3 Å². The fourth-order valence-electron chi connectivity index (χ4n) is 6.50. The zero-order valence-corrected chi connectivity index (χ0v) is 28.6. The number of hydrogen-bond donors (Lipinski definition) is 1. The first-order chi connectivity index (χ1) is 24.4. The molecule has 0 bridgehead atoms. The monoisotopic (exact) mass is 697 g/mol. The Morgan fingerprint density at radius 1 is 0.940 bits per heavy atom. The van der Waals surface area contributed by atoms with Crippen LogP contribution in [-0.2, 0) is 28.4 Å². The number of fused-ring (bicyclic) bond motifs is 2. The molecule has 50 heavy (non-hydrogen) atoms. The van der Waals surface area contributed by atoms with Gasteiger partial charge in [-0.25, -0.2) is 0 Å². The molecule has 0 unspecified atom stereocenters. The molecule has 3 heterocycles. The van der Waals surface area contributed by atoms with Crippen LogP contribution in [0, 0.1) is 0 Å². The third kappa shape index (κ3) is 6.12. The Labute approximate surface area is 297 Å². The van der Waals surface area contributed by atoms with Gasteiger partial charge < -0.3 is 14.6 Å². The van der Waals surface area contributed by atoms with Crippen molar-refractivity contribution < 1.29 is 24.2 Å². The fourth-order valence-corrected chi connectivity index (χ4v) is 8.37. The van der Waals surface area contributed by atoms with E-state index in [9.17, 15) is 14.7 Å². The molecule has 10 heteroatoms. The van der Waals surface area contributed by atoms with Crippen LogP contribution in [0.25, 0.3) is 16.5 Å². The van der Waals surface area contributed by atoms with Crippen LogP contribution in [0.2, 0.25) is 0 Å². The first kappa shape index (κ1) is 31.8. The fraction of sp³-hybridized carbons (Fsp3) is 0.150. The van der Waals surface area contributed by atoms with E-state index < -0.39 is 17.7 Å². The summed E-state index contributed by atoms with van der Waals surface area (Å²) in [6.45, 7) is 2.32. The van der Waals surface area contributed by atoms with Gasteiger partial charge in [0, 0.05) is 17.7 Å². The summed E-state index contributed by atoms with van der Waals surface area (Å²) in [5.41, 5.74) is 4.09. The molecule has 2 atom stereocenters. The zero-order valence-electron chi connectivity index (χ0n) is 27.0. The zero-order chi connectivity index (χ0) is 34.2. The van der Waals surface area contributed by atoms with Gasteiger partial charge in [-0.2, -0.15) is 0 Å². The number of thioether (sulfide) groups is 1. The molecule has 8 rings (SSSR count). The molecule has 1 N–H and O–H groups in total. The third-order valence-corrected chi connectivity index (χ3v) is 11.0. The van der Waals surface area contributed by atoms with Crippen molar-refractivity contribution in [2.45, 2.75) is 42.2 Å². The molecular formula is C40H31N3O5S2. The van der Waals surface area contributed by atoms with Crippen molar-refractivity contribution in [1.29, 1.82) is 0 Å². The average molecular weight is 698 g/mol. The van der Waals surface area contributed by atoms with Gasteiger partial charge in [0.2, 0.25) is 5.13 Å². The summed E-state index contributed by atoms with van der Waals surface area (Å²) in [6.07, 6.45) is 0.690. The molecule has 6 aromatic rings. The molecule has 0 spiro atoms. The number of anilines is 1. The van der Waals surface area contributed by atoms with Crippen molar-refractivity contribution in [2.24, 2.45) is 0 Å². The van der Waals surface area contributed by atoms with Gasteiger partial charge in [0.15, 0.2) is 4.34 Å². The number of aliphatic hydroxyl groups excluding tert-OH is 1. The number of ketones is 1. The molecule has 248 valence electrons. The molecule has 0 saturated carbocycles. The summed E-state index contributed by atoms with van der Waals surface area (Å²) >= 11 is 2.76. The van der Waals surface area contributed by atoms with Gasteiger partial charge in [0.25, 0.3) is 5.78 Å². The van der Waals surface area contributed by atoms with Crippen LogP contribution in [0.4, 0.5) is 5.13 Å². The predicted molar refractivity (Wildman–Crippen MR) is 196 cm³/mol. The first-order valence-corrected chi connectivity index (χ1v) is 18.0. The van der Waals surface area contributed by atoms with Gasteiger partial charge in [-0.3, -0.25) is 14.5 Å². The number of rotatable bonds is 9. The van der Waals surface area contributed by atoms with E-state index in [1.807, 2.05) is 79.7 Å². The Hall–Kier alpha value is -5.45. The Kier molecular flexibility index (Phi) is 8.56. The lowest BCUT2D eigenvalue weighted by molar-refractivity contribution is -0.132. The third-order valence-electron chi connectivity index (χ3n) is 8.87. The second kappa shape index (κ2) is 13.5. The summed E-state index contributed by atoms with van der Waals surface area (Å²) in [7, 11) is 0. The lowest BCUT2D eigenvalue weighted by Crippen LogP contribution is -2.29. The van der Waals surface area contributed by atoms with Gasteiger partial charge in [-0.15, -0.1) is 10.2 Å². The van der Waals surface area contributed by atoms with E-state index in [0.29, 0.717) is 40.0 Å². The second-order valence-corrected chi connectivity index (χ2v) is 14.4. The van der Waals surface area contributed by atoms with Crippen molar-refractivity contribution >= 4 is 56.5 Å². The lowest BCUT2D eigenvalue weighted by atomic mass is 9.94. The van der Waals surface area contributed by atoms with Crippen molar-refractivity contribution in [3.8, 4) is 11.5 Å². The number of Topliss-reactive ketones (excluding diaryl/α,β-unsaturated/α-hetero) is 1. The van der Waals surface area contributed by atoms with Crippen LogP contribution < -0.4 is 14.4 Å². The molecule has 8 nitrogen and oxygen atoms in total. The van der Waals surface area contributed by atoms with Crippen LogP contribution in [0.3, 0.4) is 0 Å². The van der Waals surface area contributed by atoms with Crippen molar-refractivity contribution in [3.63, 3.8) is 0 Å². The smallest absolute Gasteiger partial charge is 0.301 e. The lowest BCUT2D eigenvalue weighted by Gasteiger charge is -2.23. The minimum Gasteiger partial charge on any atom is -0.507 e. The number of aliphatic hydroxyl groups is 1. The van der Waals surface area contributed by atoms with E-state index in [1.165, 1.54) is 33.4 Å². The Morgan fingerprint density at radius 2 is 1.74 bits per heavy atom. The van der Waals surface area contributed by atoms with Crippen molar-refractivity contribution in [1.82, 2.24) is 10.2 Å². The highest BCUT2D eigenvalue weighted by Crippen LogP contribution is 2.45. The normalized spacial score (nSPS) is 18.0. The highest BCUT2D eigenvalue weighted by Gasteiger charge is 2.48. The molecular weight excluding hydrogens is 667 g/mol. The van der Waals surface area contributed by atoms with Crippen LogP contribution in [0.5, 0.6) is 11.5 Å². The largest absolute Gasteiger partial charge is 0.507 e. The maximum atomic E-state index is 13.9. The van der Waals surface area contributed by atoms with E-state index in [4.69, 9.17) is 9.47 Å². The molecule has 5 aromatic carbocycles. The van der Waals surface area contributed by atoms with Gasteiger partial charge in [0.05, 0.1) is 11.6 Å². The molecule has 0 aliphatic carbocycles. The topological polar surface area (TPSA) is 102 Å². The molecule has 1 saturated heterocycles. The standard InChI is InChI=1S/C40H31N3O5S2/c1-24-19-30-20-28(17-18-33(30)48-24)36(44)34-35(27-13-8-15-31(21-27)47-22-25-9-3-2-4-10-25)43(38(46)37(34)45)39-41-42-40(50-39)49-23-29-14-7-12-26-11-5-6-16-32(26)29/h2-18,20-21,24,35,44H,19,22-23H2,1H3/b36-34+/t24-,35-/m0/s1. The van der Waals surface area contributed by atoms with Crippen LogP contribution in [-0.4, -0.2) is 33.1 Å². The SMILES string of the molecule is C[C@H]1Cc2cc(/C(O)=C3\C(=O)C(=O)N(c4nnc(SCc5cccc6ccccc56)s4)[C@H]3c3cccc(OCc4ccccc4)c3)ccc2O1. The molecule has 1 amide bonds. The number of amides is 1. The number of benzene rings is 5. The van der Waals surface area contributed by atoms with Crippen LogP contribution >= 0.6 is 23.1 Å². The number of nitrogens with zero attached hydrogens (tertiary/aromatic N) is 3. The van der Waals surface area contributed by atoms with Gasteiger partial charge in [0.1, 0.15) is 30.0 Å². The summed E-state index contributed by atoms with van der Waals surface area (Å²) in [4.78, 5) is 29.2. The maximum Gasteiger partial charge on any atom is 0.301 e. The van der Waals surface area contributed by atoms with Crippen molar-refractivity contribution in [3.05, 3.63) is 149 Å². The number of ether oxygens (including phenoxy) is 2. The van der Waals surface area contributed by atoms with Crippen molar-refractivity contribution in [2.75, 3.05) is 4.90 Å². The molecule has 0 radical (unpaired) electrons. The summed E-state index contributed by atoms with van der Waals surface area (Å²) in [5, 5.41) is 23.2. The van der Waals surface area contributed by atoms with Crippen LogP contribution in [0.1, 0.15) is 40.8 Å². The Bertz CT molecular complexity index is 2280. The minimum atomic E-state index is -0.970. The molecule has 1 aromatic heterocycles. The highest BCUT2D eigenvalue weighted by atomic mass is 32.2. The summed E-state index contributed by atoms with van der Waals surface area (Å²) in [5.74, 6) is 0.116. The number of hydrogen-bond acceptors (Lipinski definition) is 9. The van der Waals surface area contributed by atoms with E-state index in [0.717, 1.165) is 27.8 Å². The summed E-state index contributed by atoms with van der Waals surface area (Å²) in [6, 6.07) is 35.9. The minimum absolute atomic E-state index is 0.0108. The van der Waals surface area contributed by atoms with Gasteiger partial charge in [-0.1, -0.05) is 108 Å². The van der Waals surface area contributed by atoms with Crippen LogP contribution in [0.15, 0.2) is 125 Å². The second-order valence-electron chi connectivity index (χ2n) is 12.2. The Morgan fingerprint density at radius 3 is 2.62 bits per heavy atom. The number of aromatic nitrogens is 2. The average Bonchev–Trinajstić information content (AvgIpc) is 3.84. The first-order valence-electron chi connectivity index (χ1n) is 16.2. The highest BCUT2D eigenvalue weighted by molar-refractivity contribution is 8.00. The molecule has 2 aliphatic heterocycles. The number of carbonyl (C=O) groups excluding carboxylic acids is 2. The van der Waals surface area contributed by atoms with Gasteiger partial charge >= 0.3 is 5.91 Å². The van der Waals surface area contributed by atoms with E-state index in [1.54, 1.807) is 18.2 Å². The maximum absolute atomic E-state index is 13.9. The molecule has 2 aliphatic rings.